The third-order valence-electron chi connectivity index (χ3n) is 10.6. The molecule has 0 spiro atoms. The summed E-state index contributed by atoms with van der Waals surface area (Å²) < 4.78 is 0. The Kier molecular flexibility index (Phi) is 5.61. The lowest BCUT2D eigenvalue weighted by Gasteiger charge is -2.61. The SMILES string of the molecule is CN[C@H]1CC[C@]2(C)C3CC[C@]4(C)C(C(C)CCC(=O)O)CCC4[C@@H]3CC[C@@H]2C1. The second kappa shape index (κ2) is 7.60. The first-order valence-electron chi connectivity index (χ1n) is 12.2. The summed E-state index contributed by atoms with van der Waals surface area (Å²) in [5.41, 5.74) is 1.04. The van der Waals surface area contributed by atoms with E-state index in [9.17, 15) is 4.79 Å². The molecule has 4 unspecified atom stereocenters. The van der Waals surface area contributed by atoms with Gasteiger partial charge in [0.1, 0.15) is 0 Å². The molecule has 0 aromatic heterocycles. The lowest BCUT2D eigenvalue weighted by atomic mass is 9.44. The number of aliphatic carboxylic acids is 1. The molecule has 4 aliphatic carbocycles. The molecular formula is C25H43NO2. The largest absolute Gasteiger partial charge is 0.481 e. The zero-order valence-corrected chi connectivity index (χ0v) is 18.7. The third kappa shape index (κ3) is 3.24. The van der Waals surface area contributed by atoms with E-state index in [0.29, 0.717) is 23.2 Å². The first-order chi connectivity index (χ1) is 13.3. The maximum atomic E-state index is 11.1. The van der Waals surface area contributed by atoms with Gasteiger partial charge in [-0.25, -0.2) is 0 Å². The summed E-state index contributed by atoms with van der Waals surface area (Å²) in [6.45, 7) is 7.59. The molecule has 2 N–H and O–H groups in total. The number of carboxylic acids is 1. The maximum absolute atomic E-state index is 11.1. The van der Waals surface area contributed by atoms with Gasteiger partial charge in [0, 0.05) is 12.5 Å². The predicted molar refractivity (Wildman–Crippen MR) is 114 cm³/mol. The van der Waals surface area contributed by atoms with Crippen LogP contribution in [-0.4, -0.2) is 24.2 Å². The minimum atomic E-state index is -0.626. The third-order valence-corrected chi connectivity index (χ3v) is 10.6. The van der Waals surface area contributed by atoms with Gasteiger partial charge in [0.15, 0.2) is 0 Å². The van der Waals surface area contributed by atoms with E-state index in [1.165, 1.54) is 57.8 Å². The van der Waals surface area contributed by atoms with Crippen LogP contribution in [0.3, 0.4) is 0 Å². The fourth-order valence-corrected chi connectivity index (χ4v) is 9.05. The molecule has 160 valence electrons. The molecule has 0 aromatic rings. The van der Waals surface area contributed by atoms with Crippen molar-refractivity contribution in [2.45, 2.75) is 97.4 Å². The van der Waals surface area contributed by atoms with E-state index >= 15 is 0 Å². The molecule has 3 nitrogen and oxygen atoms in total. The van der Waals surface area contributed by atoms with Crippen molar-refractivity contribution in [3.8, 4) is 0 Å². The lowest BCUT2D eigenvalue weighted by Crippen LogP contribution is -2.55. The number of nitrogens with one attached hydrogen (secondary N) is 1. The Morgan fingerprint density at radius 1 is 1.04 bits per heavy atom. The van der Waals surface area contributed by atoms with E-state index in [1.54, 1.807) is 0 Å². The van der Waals surface area contributed by atoms with Crippen LogP contribution in [0.4, 0.5) is 0 Å². The van der Waals surface area contributed by atoms with E-state index in [4.69, 9.17) is 5.11 Å². The monoisotopic (exact) mass is 389 g/mol. The van der Waals surface area contributed by atoms with Crippen molar-refractivity contribution in [2.24, 2.45) is 46.3 Å². The fourth-order valence-electron chi connectivity index (χ4n) is 9.05. The van der Waals surface area contributed by atoms with Crippen molar-refractivity contribution in [2.75, 3.05) is 7.05 Å². The Morgan fingerprint density at radius 3 is 2.46 bits per heavy atom. The Bertz CT molecular complexity index is 591. The molecule has 0 bridgehead atoms. The smallest absolute Gasteiger partial charge is 0.303 e. The van der Waals surface area contributed by atoms with Gasteiger partial charge in [-0.15, -0.1) is 0 Å². The number of hydrogen-bond acceptors (Lipinski definition) is 2. The summed E-state index contributed by atoms with van der Waals surface area (Å²) in [6.07, 6.45) is 13.9. The molecule has 4 saturated carbocycles. The summed E-state index contributed by atoms with van der Waals surface area (Å²) in [7, 11) is 2.15. The first-order valence-corrected chi connectivity index (χ1v) is 12.2. The number of carboxylic acid groups (broad SMARTS) is 1. The number of fused-ring (bicyclic) bond motifs is 5. The van der Waals surface area contributed by atoms with Crippen molar-refractivity contribution in [3.05, 3.63) is 0 Å². The molecule has 0 heterocycles. The summed E-state index contributed by atoms with van der Waals surface area (Å²) in [5, 5.41) is 12.7. The molecule has 0 aromatic carbocycles. The quantitative estimate of drug-likeness (QED) is 0.631. The highest BCUT2D eigenvalue weighted by Crippen LogP contribution is 2.68. The standard InChI is InChI=1S/C25H43NO2/c1-16(5-10-23(27)28)20-8-9-21-19-7-6-17-15-18(26-4)11-13-24(17,2)22(19)12-14-25(20,21)3/h16-22,26H,5-15H2,1-4H3,(H,27,28)/t16?,17-,18+,19+,20?,21?,22?,24+,25-/m1/s1. The Hall–Kier alpha value is -0.570. The van der Waals surface area contributed by atoms with Crippen LogP contribution in [0.25, 0.3) is 0 Å². The number of rotatable bonds is 5. The Labute approximate surface area is 172 Å². The van der Waals surface area contributed by atoms with Crippen molar-refractivity contribution in [1.82, 2.24) is 5.32 Å². The van der Waals surface area contributed by atoms with Gasteiger partial charge in [-0.3, -0.25) is 4.79 Å². The molecule has 4 aliphatic rings. The van der Waals surface area contributed by atoms with Gasteiger partial charge in [0.25, 0.3) is 0 Å². The summed E-state index contributed by atoms with van der Waals surface area (Å²) in [5.74, 6) is 4.36. The molecule has 9 atom stereocenters. The van der Waals surface area contributed by atoms with Gasteiger partial charge in [-0.2, -0.15) is 0 Å². The van der Waals surface area contributed by atoms with E-state index < -0.39 is 5.97 Å². The predicted octanol–water partition coefficient (Wildman–Crippen LogP) is 5.73. The van der Waals surface area contributed by atoms with Crippen LogP contribution in [0.5, 0.6) is 0 Å². The van der Waals surface area contributed by atoms with Gasteiger partial charge in [0.2, 0.25) is 0 Å². The Balaban J connectivity index is 1.50. The van der Waals surface area contributed by atoms with Crippen LogP contribution in [-0.2, 0) is 4.79 Å². The highest BCUT2D eigenvalue weighted by molar-refractivity contribution is 5.66. The van der Waals surface area contributed by atoms with Gasteiger partial charge < -0.3 is 10.4 Å². The molecule has 4 fully saturated rings. The van der Waals surface area contributed by atoms with Crippen molar-refractivity contribution >= 4 is 5.97 Å². The van der Waals surface area contributed by atoms with Crippen molar-refractivity contribution in [1.29, 1.82) is 0 Å². The lowest BCUT2D eigenvalue weighted by molar-refractivity contribution is -0.137. The second-order valence-electron chi connectivity index (χ2n) is 11.6. The van der Waals surface area contributed by atoms with Crippen LogP contribution in [0.15, 0.2) is 0 Å². The number of hydrogen-bond donors (Lipinski definition) is 2. The zero-order chi connectivity index (χ0) is 20.1. The minimum Gasteiger partial charge on any atom is -0.481 e. The Morgan fingerprint density at radius 2 is 1.75 bits per heavy atom. The van der Waals surface area contributed by atoms with E-state index in [0.717, 1.165) is 42.1 Å². The zero-order valence-electron chi connectivity index (χ0n) is 18.7. The normalized spacial score (nSPS) is 49.0. The van der Waals surface area contributed by atoms with Crippen LogP contribution >= 0.6 is 0 Å². The summed E-state index contributed by atoms with van der Waals surface area (Å²) >= 11 is 0. The molecule has 0 saturated heterocycles. The molecule has 28 heavy (non-hydrogen) atoms. The summed E-state index contributed by atoms with van der Waals surface area (Å²) in [4.78, 5) is 11.1. The summed E-state index contributed by atoms with van der Waals surface area (Å²) in [6, 6.07) is 0.745. The van der Waals surface area contributed by atoms with Gasteiger partial charge in [0.05, 0.1) is 0 Å². The topological polar surface area (TPSA) is 49.3 Å². The highest BCUT2D eigenvalue weighted by Gasteiger charge is 2.60. The van der Waals surface area contributed by atoms with Crippen LogP contribution in [0.2, 0.25) is 0 Å². The molecular weight excluding hydrogens is 346 g/mol. The average molecular weight is 390 g/mol. The first kappa shape index (κ1) is 20.7. The molecule has 0 amide bonds. The van der Waals surface area contributed by atoms with Crippen LogP contribution in [0, 0.1) is 46.3 Å². The van der Waals surface area contributed by atoms with E-state index in [1.807, 2.05) is 0 Å². The van der Waals surface area contributed by atoms with Gasteiger partial charge >= 0.3 is 5.97 Å². The van der Waals surface area contributed by atoms with Crippen molar-refractivity contribution in [3.63, 3.8) is 0 Å². The molecule has 0 aliphatic heterocycles. The fraction of sp³-hybridized carbons (Fsp3) is 0.960. The van der Waals surface area contributed by atoms with Gasteiger partial charge in [-0.1, -0.05) is 20.8 Å². The second-order valence-corrected chi connectivity index (χ2v) is 11.6. The highest BCUT2D eigenvalue weighted by atomic mass is 16.4. The molecule has 3 heteroatoms. The van der Waals surface area contributed by atoms with E-state index in [2.05, 4.69) is 33.1 Å². The van der Waals surface area contributed by atoms with E-state index in [-0.39, 0.29) is 0 Å². The number of carbonyl (C=O) groups is 1. The van der Waals surface area contributed by atoms with Crippen molar-refractivity contribution < 1.29 is 9.90 Å². The molecule has 4 rings (SSSR count). The minimum absolute atomic E-state index is 0.344. The van der Waals surface area contributed by atoms with Gasteiger partial charge in [-0.05, 0) is 118 Å². The maximum Gasteiger partial charge on any atom is 0.303 e. The average Bonchev–Trinajstić information content (AvgIpc) is 3.02. The van der Waals surface area contributed by atoms with Crippen LogP contribution < -0.4 is 5.32 Å². The van der Waals surface area contributed by atoms with Crippen LogP contribution in [0.1, 0.15) is 91.4 Å². The molecule has 0 radical (unpaired) electrons.